The van der Waals surface area contributed by atoms with E-state index in [4.69, 9.17) is 0 Å². The molecule has 2 aliphatic carbocycles. The molecule has 7 nitrogen and oxygen atoms in total. The Kier molecular flexibility index (Phi) is 7.42. The Morgan fingerprint density at radius 3 is 2.46 bits per heavy atom. The number of nitrogens with zero attached hydrogens (tertiary/aromatic N) is 1. The third-order valence-electron chi connectivity index (χ3n) is 8.38. The molecule has 1 saturated heterocycles. The lowest BCUT2D eigenvalue weighted by Crippen LogP contribution is -2.53. The van der Waals surface area contributed by atoms with Gasteiger partial charge in [-0.15, -0.1) is 0 Å². The molecule has 0 aromatic heterocycles. The van der Waals surface area contributed by atoms with Crippen LogP contribution >= 0.6 is 0 Å². The molecule has 5 rings (SSSR count). The average Bonchev–Trinajstić information content (AvgIpc) is 3.64. The van der Waals surface area contributed by atoms with Crippen molar-refractivity contribution in [2.45, 2.75) is 108 Å². The molecule has 7 heteroatoms. The first-order valence-corrected chi connectivity index (χ1v) is 13.8. The van der Waals surface area contributed by atoms with Crippen molar-refractivity contribution in [2.24, 2.45) is 5.92 Å². The number of nitrogens with one attached hydrogen (secondary N) is 3. The van der Waals surface area contributed by atoms with E-state index < -0.39 is 6.04 Å². The fourth-order valence-electron chi connectivity index (χ4n) is 6.19. The SMILES string of the molecule is CCCCNC1CCC(Nc2cccc3c2[C@@H](CCC2CC2)N([C@@H]2CCC(=O)NC2=O)C3=O)CC1. The van der Waals surface area contributed by atoms with E-state index in [0.29, 0.717) is 18.5 Å². The minimum atomic E-state index is -0.575. The zero-order valence-electron chi connectivity index (χ0n) is 21.0. The molecule has 3 N–H and O–H groups in total. The summed E-state index contributed by atoms with van der Waals surface area (Å²) in [6.45, 7) is 3.33. The van der Waals surface area contributed by atoms with Gasteiger partial charge in [-0.05, 0) is 76.0 Å². The molecule has 0 bridgehead atoms. The zero-order chi connectivity index (χ0) is 24.4. The zero-order valence-corrected chi connectivity index (χ0v) is 21.0. The summed E-state index contributed by atoms with van der Waals surface area (Å²) in [5, 5.41) is 9.97. The predicted molar refractivity (Wildman–Crippen MR) is 136 cm³/mol. The van der Waals surface area contributed by atoms with E-state index in [2.05, 4.69) is 28.9 Å². The van der Waals surface area contributed by atoms with Gasteiger partial charge in [0.25, 0.3) is 5.91 Å². The summed E-state index contributed by atoms with van der Waals surface area (Å²) < 4.78 is 0. The first-order valence-electron chi connectivity index (χ1n) is 13.8. The molecule has 0 spiro atoms. The molecule has 0 radical (unpaired) electrons. The normalized spacial score (nSPS) is 28.7. The van der Waals surface area contributed by atoms with Crippen LogP contribution in [-0.2, 0) is 9.59 Å². The van der Waals surface area contributed by atoms with Crippen LogP contribution in [0.25, 0.3) is 0 Å². The molecule has 2 saturated carbocycles. The maximum absolute atomic E-state index is 13.6. The van der Waals surface area contributed by atoms with Crippen molar-refractivity contribution in [3.63, 3.8) is 0 Å². The van der Waals surface area contributed by atoms with Crippen molar-refractivity contribution in [2.75, 3.05) is 11.9 Å². The number of anilines is 1. The first-order chi connectivity index (χ1) is 17.0. The second-order valence-electron chi connectivity index (χ2n) is 11.0. The summed E-state index contributed by atoms with van der Waals surface area (Å²) in [5.41, 5.74) is 2.83. The van der Waals surface area contributed by atoms with Gasteiger partial charge >= 0.3 is 0 Å². The lowest BCUT2D eigenvalue weighted by atomic mass is 9.90. The van der Waals surface area contributed by atoms with Gasteiger partial charge in [-0.1, -0.05) is 32.3 Å². The Bertz CT molecular complexity index is 952. The minimum absolute atomic E-state index is 0.0669. The highest BCUT2D eigenvalue weighted by molar-refractivity contribution is 6.06. The van der Waals surface area contributed by atoms with Gasteiger partial charge in [0.2, 0.25) is 11.8 Å². The van der Waals surface area contributed by atoms with Crippen LogP contribution < -0.4 is 16.0 Å². The van der Waals surface area contributed by atoms with Crippen LogP contribution in [0.4, 0.5) is 5.69 Å². The van der Waals surface area contributed by atoms with Crippen molar-refractivity contribution in [1.82, 2.24) is 15.5 Å². The quantitative estimate of drug-likeness (QED) is 0.343. The predicted octanol–water partition coefficient (Wildman–Crippen LogP) is 4.29. The van der Waals surface area contributed by atoms with E-state index in [9.17, 15) is 14.4 Å². The molecule has 190 valence electrons. The molecule has 0 unspecified atom stereocenters. The van der Waals surface area contributed by atoms with Crippen molar-refractivity contribution >= 4 is 23.4 Å². The second-order valence-corrected chi connectivity index (χ2v) is 11.0. The minimum Gasteiger partial charge on any atom is -0.382 e. The van der Waals surface area contributed by atoms with Crippen LogP contribution in [0.3, 0.4) is 0 Å². The van der Waals surface area contributed by atoms with Gasteiger partial charge in [0.15, 0.2) is 0 Å². The third kappa shape index (κ3) is 5.40. The van der Waals surface area contributed by atoms with E-state index in [1.165, 1.54) is 38.5 Å². The van der Waals surface area contributed by atoms with Gasteiger partial charge in [0, 0.05) is 35.3 Å². The Labute approximate surface area is 208 Å². The van der Waals surface area contributed by atoms with Gasteiger partial charge in [-0.3, -0.25) is 19.7 Å². The summed E-state index contributed by atoms with van der Waals surface area (Å²) in [6.07, 6.45) is 12.2. The average molecular weight is 481 g/mol. The van der Waals surface area contributed by atoms with Gasteiger partial charge < -0.3 is 15.5 Å². The van der Waals surface area contributed by atoms with Crippen LogP contribution in [-0.4, -0.2) is 47.3 Å². The second kappa shape index (κ2) is 10.7. The summed E-state index contributed by atoms with van der Waals surface area (Å²) in [7, 11) is 0. The van der Waals surface area contributed by atoms with Gasteiger partial charge in [0.05, 0.1) is 6.04 Å². The number of hydrogen-bond acceptors (Lipinski definition) is 5. The molecule has 2 heterocycles. The standard InChI is InChI=1S/C28H40N4O3/c1-2-3-17-29-19-10-12-20(13-11-19)30-22-6-4-5-21-26(22)23(14-9-18-7-8-18)32(28(21)35)24-15-16-25(33)31-27(24)34/h4-6,18-20,23-24,29-30H,2-3,7-17H2,1H3,(H,31,33,34)/t19?,20?,23-,24-/m1/s1. The maximum Gasteiger partial charge on any atom is 0.255 e. The van der Waals surface area contributed by atoms with E-state index >= 15 is 0 Å². The van der Waals surface area contributed by atoms with E-state index in [-0.39, 0.29) is 30.2 Å². The summed E-state index contributed by atoms with van der Waals surface area (Å²) in [6, 6.07) is 6.30. The van der Waals surface area contributed by atoms with Gasteiger partial charge in [-0.2, -0.15) is 0 Å². The number of carbonyl (C=O) groups is 3. The molecule has 1 aromatic carbocycles. The van der Waals surface area contributed by atoms with Crippen LogP contribution in [0.2, 0.25) is 0 Å². The van der Waals surface area contributed by atoms with E-state index in [0.717, 1.165) is 55.0 Å². The van der Waals surface area contributed by atoms with Gasteiger partial charge in [-0.25, -0.2) is 0 Å². The maximum atomic E-state index is 13.6. The number of carbonyl (C=O) groups excluding carboxylic acids is 3. The molecule has 2 aliphatic heterocycles. The molecule has 4 aliphatic rings. The van der Waals surface area contributed by atoms with Crippen molar-refractivity contribution in [3.8, 4) is 0 Å². The first kappa shape index (κ1) is 24.3. The Morgan fingerprint density at radius 2 is 1.74 bits per heavy atom. The molecule has 3 fully saturated rings. The summed E-state index contributed by atoms with van der Waals surface area (Å²) >= 11 is 0. The van der Waals surface area contributed by atoms with E-state index in [1.54, 1.807) is 4.90 Å². The van der Waals surface area contributed by atoms with Crippen molar-refractivity contribution in [3.05, 3.63) is 29.3 Å². The largest absolute Gasteiger partial charge is 0.382 e. The molecule has 35 heavy (non-hydrogen) atoms. The summed E-state index contributed by atoms with van der Waals surface area (Å²) in [4.78, 5) is 40.0. The molecule has 3 amide bonds. The highest BCUT2D eigenvalue weighted by Gasteiger charge is 2.46. The van der Waals surface area contributed by atoms with Crippen LogP contribution in [0.15, 0.2) is 18.2 Å². The Hall–Kier alpha value is -2.41. The number of amides is 3. The fourth-order valence-corrected chi connectivity index (χ4v) is 6.19. The number of piperidine rings is 1. The topological polar surface area (TPSA) is 90.5 Å². The highest BCUT2D eigenvalue weighted by atomic mass is 16.2. The number of benzene rings is 1. The number of imide groups is 1. The van der Waals surface area contributed by atoms with Gasteiger partial charge in [0.1, 0.15) is 6.04 Å². The Morgan fingerprint density at radius 1 is 0.971 bits per heavy atom. The molecular weight excluding hydrogens is 440 g/mol. The lowest BCUT2D eigenvalue weighted by Gasteiger charge is -2.35. The number of hydrogen-bond donors (Lipinski definition) is 3. The van der Waals surface area contributed by atoms with Crippen molar-refractivity contribution in [1.29, 1.82) is 0 Å². The Balaban J connectivity index is 1.33. The molecular formula is C28H40N4O3. The smallest absolute Gasteiger partial charge is 0.255 e. The summed E-state index contributed by atoms with van der Waals surface area (Å²) in [5.74, 6) is 0.102. The van der Waals surface area contributed by atoms with Crippen LogP contribution in [0, 0.1) is 5.92 Å². The fraction of sp³-hybridized carbons (Fsp3) is 0.679. The third-order valence-corrected chi connectivity index (χ3v) is 8.38. The van der Waals surface area contributed by atoms with Crippen molar-refractivity contribution < 1.29 is 14.4 Å². The van der Waals surface area contributed by atoms with Crippen LogP contribution in [0.5, 0.6) is 0 Å². The number of fused-ring (bicyclic) bond motifs is 1. The van der Waals surface area contributed by atoms with Crippen LogP contribution in [0.1, 0.15) is 106 Å². The molecule has 2 atom stereocenters. The molecule has 1 aromatic rings. The number of rotatable bonds is 10. The van der Waals surface area contributed by atoms with E-state index in [1.807, 2.05) is 12.1 Å². The monoisotopic (exact) mass is 480 g/mol. The lowest BCUT2D eigenvalue weighted by molar-refractivity contribution is -0.137. The highest BCUT2D eigenvalue weighted by Crippen LogP contribution is 2.46. The number of unbranched alkanes of at least 4 members (excludes halogenated alkanes) is 1.